The molecule has 0 saturated carbocycles. The van der Waals surface area contributed by atoms with Gasteiger partial charge in [0.05, 0.1) is 0 Å². The molecule has 74 valence electrons. The summed E-state index contributed by atoms with van der Waals surface area (Å²) in [6.07, 6.45) is 4.13. The Labute approximate surface area is 91.3 Å². The fraction of sp³-hybridized carbons (Fsp3) is 0.385. The molecule has 0 fully saturated rings. The largest absolute Gasteiger partial charge is 0.103 e. The summed E-state index contributed by atoms with van der Waals surface area (Å²) >= 11 is 5.79. The number of hydrogen-bond donors (Lipinski definition) is 0. The van der Waals surface area contributed by atoms with E-state index in [4.69, 9.17) is 11.6 Å². The molecular formula is C13H15Cl. The van der Waals surface area contributed by atoms with E-state index in [2.05, 4.69) is 30.9 Å². The molecule has 0 unspecified atom stereocenters. The first-order chi connectivity index (χ1) is 6.83. The fourth-order valence-electron chi connectivity index (χ4n) is 1.16. The van der Waals surface area contributed by atoms with Gasteiger partial charge in [0.2, 0.25) is 0 Å². The van der Waals surface area contributed by atoms with Crippen LogP contribution < -0.4 is 0 Å². The molecule has 0 saturated heterocycles. The van der Waals surface area contributed by atoms with Gasteiger partial charge in [0, 0.05) is 17.9 Å². The van der Waals surface area contributed by atoms with Crippen molar-refractivity contribution in [1.82, 2.24) is 0 Å². The molecule has 1 aromatic rings. The summed E-state index contributed by atoms with van der Waals surface area (Å²) < 4.78 is 0. The predicted octanol–water partition coefficient (Wildman–Crippen LogP) is 4.08. The van der Waals surface area contributed by atoms with Crippen molar-refractivity contribution in [1.29, 1.82) is 0 Å². The van der Waals surface area contributed by atoms with Crippen LogP contribution in [0.3, 0.4) is 0 Å². The minimum Gasteiger partial charge on any atom is -0.103 e. The Kier molecular flexibility index (Phi) is 5.19. The van der Waals surface area contributed by atoms with Gasteiger partial charge in [-0.15, -0.1) is 11.8 Å². The molecule has 1 heteroatoms. The summed E-state index contributed by atoms with van der Waals surface area (Å²) in [5, 5.41) is 0.797. The van der Waals surface area contributed by atoms with Crippen LogP contribution in [0.1, 0.15) is 31.7 Å². The van der Waals surface area contributed by atoms with E-state index in [1.807, 2.05) is 12.1 Å². The highest BCUT2D eigenvalue weighted by Gasteiger charge is 1.90. The highest BCUT2D eigenvalue weighted by molar-refractivity contribution is 6.30. The quantitative estimate of drug-likeness (QED) is 0.654. The summed E-state index contributed by atoms with van der Waals surface area (Å²) in [5.41, 5.74) is 1.31. The van der Waals surface area contributed by atoms with Gasteiger partial charge in [-0.3, -0.25) is 0 Å². The molecule has 0 atom stereocenters. The third-order valence-corrected chi connectivity index (χ3v) is 2.20. The Bertz CT molecular complexity index is 313. The molecule has 0 aliphatic carbocycles. The summed E-state index contributed by atoms with van der Waals surface area (Å²) in [4.78, 5) is 0. The summed E-state index contributed by atoms with van der Waals surface area (Å²) in [7, 11) is 0. The smallest absolute Gasteiger partial charge is 0.0406 e. The first kappa shape index (κ1) is 11.1. The maximum Gasteiger partial charge on any atom is 0.0406 e. The van der Waals surface area contributed by atoms with E-state index in [9.17, 15) is 0 Å². The van der Waals surface area contributed by atoms with E-state index in [-0.39, 0.29) is 0 Å². The van der Waals surface area contributed by atoms with Crippen molar-refractivity contribution in [2.75, 3.05) is 0 Å². The minimum atomic E-state index is 0.797. The molecule has 14 heavy (non-hydrogen) atoms. The lowest BCUT2D eigenvalue weighted by molar-refractivity contribution is 0.974. The Balaban J connectivity index is 2.32. The van der Waals surface area contributed by atoms with Crippen LogP contribution in [0.4, 0.5) is 0 Å². The van der Waals surface area contributed by atoms with Crippen molar-refractivity contribution in [3.63, 3.8) is 0 Å². The lowest BCUT2D eigenvalue weighted by Crippen LogP contribution is -1.82. The Morgan fingerprint density at radius 1 is 1.07 bits per heavy atom. The van der Waals surface area contributed by atoms with Gasteiger partial charge in [-0.25, -0.2) is 0 Å². The van der Waals surface area contributed by atoms with E-state index in [1.54, 1.807) is 0 Å². The second-order valence-electron chi connectivity index (χ2n) is 3.23. The standard InChI is InChI=1S/C13H15Cl/c1-2-3-4-5-6-7-12-8-10-13(14)11-9-12/h8-11H,2-3,6-7H2,1H3. The van der Waals surface area contributed by atoms with Gasteiger partial charge in [-0.1, -0.05) is 30.7 Å². The predicted molar refractivity (Wildman–Crippen MR) is 62.5 cm³/mol. The third kappa shape index (κ3) is 4.35. The van der Waals surface area contributed by atoms with Crippen molar-refractivity contribution < 1.29 is 0 Å². The molecule has 1 rings (SSSR count). The summed E-state index contributed by atoms with van der Waals surface area (Å²) in [5.74, 6) is 6.31. The van der Waals surface area contributed by atoms with Crippen LogP contribution in [0.25, 0.3) is 0 Å². The number of halogens is 1. The molecule has 0 aliphatic rings. The topological polar surface area (TPSA) is 0 Å². The van der Waals surface area contributed by atoms with Crippen molar-refractivity contribution in [2.24, 2.45) is 0 Å². The lowest BCUT2D eigenvalue weighted by atomic mass is 10.1. The molecular weight excluding hydrogens is 192 g/mol. The van der Waals surface area contributed by atoms with Crippen LogP contribution in [-0.4, -0.2) is 0 Å². The van der Waals surface area contributed by atoms with E-state index in [1.165, 1.54) is 5.56 Å². The van der Waals surface area contributed by atoms with Gasteiger partial charge in [0.25, 0.3) is 0 Å². The van der Waals surface area contributed by atoms with Crippen molar-refractivity contribution in [3.8, 4) is 11.8 Å². The third-order valence-electron chi connectivity index (χ3n) is 1.95. The highest BCUT2D eigenvalue weighted by Crippen LogP contribution is 2.10. The van der Waals surface area contributed by atoms with Crippen LogP contribution in [0.15, 0.2) is 24.3 Å². The zero-order chi connectivity index (χ0) is 10.2. The van der Waals surface area contributed by atoms with Crippen molar-refractivity contribution in [2.45, 2.75) is 32.6 Å². The molecule has 0 N–H and O–H groups in total. The second kappa shape index (κ2) is 6.51. The normalized spacial score (nSPS) is 9.29. The Morgan fingerprint density at radius 2 is 1.71 bits per heavy atom. The van der Waals surface area contributed by atoms with Crippen LogP contribution >= 0.6 is 11.6 Å². The molecule has 0 amide bonds. The Hall–Kier alpha value is -0.930. The highest BCUT2D eigenvalue weighted by atomic mass is 35.5. The van der Waals surface area contributed by atoms with Crippen LogP contribution in [0.2, 0.25) is 5.02 Å². The van der Waals surface area contributed by atoms with Gasteiger partial charge in [0.15, 0.2) is 0 Å². The molecule has 0 spiro atoms. The Morgan fingerprint density at radius 3 is 2.36 bits per heavy atom. The molecule has 0 radical (unpaired) electrons. The van der Waals surface area contributed by atoms with Gasteiger partial charge in [-0.2, -0.15) is 0 Å². The number of benzene rings is 1. The monoisotopic (exact) mass is 206 g/mol. The first-order valence-corrected chi connectivity index (χ1v) is 5.41. The fourth-order valence-corrected chi connectivity index (χ4v) is 1.29. The molecule has 0 bridgehead atoms. The lowest BCUT2D eigenvalue weighted by Gasteiger charge is -1.96. The summed E-state index contributed by atoms with van der Waals surface area (Å²) in [6.45, 7) is 2.15. The number of hydrogen-bond acceptors (Lipinski definition) is 0. The van der Waals surface area contributed by atoms with Gasteiger partial charge >= 0.3 is 0 Å². The van der Waals surface area contributed by atoms with Crippen LogP contribution in [-0.2, 0) is 6.42 Å². The maximum absolute atomic E-state index is 5.79. The summed E-state index contributed by atoms with van der Waals surface area (Å²) in [6, 6.07) is 7.97. The van der Waals surface area contributed by atoms with Gasteiger partial charge in [0.1, 0.15) is 0 Å². The molecule has 0 aromatic heterocycles. The van der Waals surface area contributed by atoms with E-state index >= 15 is 0 Å². The van der Waals surface area contributed by atoms with Gasteiger partial charge < -0.3 is 0 Å². The van der Waals surface area contributed by atoms with Crippen LogP contribution in [0, 0.1) is 11.8 Å². The average molecular weight is 207 g/mol. The molecule has 0 heterocycles. The van der Waals surface area contributed by atoms with E-state index < -0.39 is 0 Å². The maximum atomic E-state index is 5.79. The first-order valence-electron chi connectivity index (χ1n) is 5.03. The minimum absolute atomic E-state index is 0.797. The second-order valence-corrected chi connectivity index (χ2v) is 3.67. The molecule has 0 nitrogen and oxygen atoms in total. The number of aryl methyl sites for hydroxylation is 1. The van der Waals surface area contributed by atoms with Crippen LogP contribution in [0.5, 0.6) is 0 Å². The van der Waals surface area contributed by atoms with Crippen molar-refractivity contribution in [3.05, 3.63) is 34.9 Å². The zero-order valence-corrected chi connectivity index (χ0v) is 9.27. The number of unbranched alkanes of at least 4 members (excludes halogenated alkanes) is 1. The molecule has 1 aromatic carbocycles. The number of rotatable bonds is 3. The van der Waals surface area contributed by atoms with E-state index in [0.29, 0.717) is 0 Å². The molecule has 0 aliphatic heterocycles. The zero-order valence-electron chi connectivity index (χ0n) is 8.52. The van der Waals surface area contributed by atoms with Crippen molar-refractivity contribution >= 4 is 11.6 Å². The SMILES string of the molecule is CCCC#CCCc1ccc(Cl)cc1. The average Bonchev–Trinajstić information content (AvgIpc) is 2.21. The van der Waals surface area contributed by atoms with Gasteiger partial charge in [-0.05, 0) is 30.5 Å². The van der Waals surface area contributed by atoms with E-state index in [0.717, 1.165) is 30.7 Å².